The van der Waals surface area contributed by atoms with Crippen molar-refractivity contribution < 1.29 is 22.5 Å². The summed E-state index contributed by atoms with van der Waals surface area (Å²) in [5.41, 5.74) is 4.55. The lowest BCUT2D eigenvalue weighted by Gasteiger charge is -2.26. The molecule has 0 radical (unpaired) electrons. The molecule has 1 N–H and O–H groups in total. The lowest BCUT2D eigenvalue weighted by atomic mass is 9.89. The van der Waals surface area contributed by atoms with Crippen molar-refractivity contribution in [3.8, 4) is 0 Å². The van der Waals surface area contributed by atoms with Crippen molar-refractivity contribution in [1.29, 1.82) is 0 Å². The Morgan fingerprint density at radius 2 is 1.28 bits per heavy atom. The van der Waals surface area contributed by atoms with Crippen LogP contribution in [-0.4, -0.2) is 18.8 Å². The van der Waals surface area contributed by atoms with E-state index in [9.17, 15) is 17.8 Å². The number of carbonyl (C=O) groups excluding carboxylic acids is 1. The molecule has 2 aliphatic rings. The number of ketones is 1. The van der Waals surface area contributed by atoms with E-state index in [2.05, 4.69) is 4.90 Å². The Hall–Kier alpha value is -4.72. The maximum Gasteiger partial charge on any atom is 0.295 e. The van der Waals surface area contributed by atoms with Crippen LogP contribution in [0.5, 0.6) is 0 Å². The summed E-state index contributed by atoms with van der Waals surface area (Å²) in [7, 11) is -4.56. The summed E-state index contributed by atoms with van der Waals surface area (Å²) in [5.74, 6) is 0.0815. The highest BCUT2D eigenvalue weighted by Gasteiger charge is 2.38. The first-order valence-corrected chi connectivity index (χ1v) is 13.8. The first-order chi connectivity index (χ1) is 18.9. The number of hydrogen-bond acceptors (Lipinski definition) is 5. The van der Waals surface area contributed by atoms with Gasteiger partial charge >= 0.3 is 0 Å². The third kappa shape index (κ3) is 4.58. The van der Waals surface area contributed by atoms with Crippen molar-refractivity contribution in [2.45, 2.75) is 11.0 Å². The topological polar surface area (TPSA) is 83.9 Å². The van der Waals surface area contributed by atoms with Gasteiger partial charge in [0.2, 0.25) is 0 Å². The molecule has 39 heavy (non-hydrogen) atoms. The SMILES string of the molecule is O=C1C=CC=C2OC(c3ccc(N(c4ccccc4)c4ccccc4)cc3)C(c3ccccc3S(=O)(=O)O)=C12. The first-order valence-electron chi connectivity index (χ1n) is 12.3. The Bertz CT molecular complexity index is 1720. The molecule has 6 nitrogen and oxygen atoms in total. The van der Waals surface area contributed by atoms with Crippen LogP contribution in [0.25, 0.3) is 5.57 Å². The quantitative estimate of drug-likeness (QED) is 0.270. The molecule has 0 aromatic heterocycles. The predicted octanol–water partition coefficient (Wildman–Crippen LogP) is 6.95. The Labute approximate surface area is 226 Å². The summed E-state index contributed by atoms with van der Waals surface area (Å²) in [6.45, 7) is 0. The molecule has 1 aliphatic heterocycles. The molecule has 0 bridgehead atoms. The highest BCUT2D eigenvalue weighted by Crippen LogP contribution is 2.49. The Balaban J connectivity index is 1.46. The van der Waals surface area contributed by atoms with Gasteiger partial charge in [0.1, 0.15) is 10.7 Å². The molecule has 0 saturated heterocycles. The monoisotopic (exact) mass is 533 g/mol. The summed E-state index contributed by atoms with van der Waals surface area (Å²) < 4.78 is 40.7. The van der Waals surface area contributed by atoms with Crippen LogP contribution in [0, 0.1) is 0 Å². The number of benzene rings is 4. The molecule has 4 aromatic carbocycles. The van der Waals surface area contributed by atoms with Gasteiger partial charge in [-0.25, -0.2) is 0 Å². The van der Waals surface area contributed by atoms with Gasteiger partial charge in [0.15, 0.2) is 11.9 Å². The molecule has 0 spiro atoms. The zero-order valence-corrected chi connectivity index (χ0v) is 21.5. The van der Waals surface area contributed by atoms with Crippen LogP contribution in [0.15, 0.2) is 144 Å². The van der Waals surface area contributed by atoms with Gasteiger partial charge in [-0.15, -0.1) is 0 Å². The number of ether oxygens (including phenoxy) is 1. The zero-order valence-electron chi connectivity index (χ0n) is 20.6. The number of fused-ring (bicyclic) bond motifs is 1. The third-order valence-electron chi connectivity index (χ3n) is 6.70. The van der Waals surface area contributed by atoms with Crippen molar-refractivity contribution in [1.82, 2.24) is 0 Å². The fraction of sp³-hybridized carbons (Fsp3) is 0.0312. The van der Waals surface area contributed by atoms with Gasteiger partial charge in [-0.2, -0.15) is 8.42 Å². The van der Waals surface area contributed by atoms with E-state index < -0.39 is 16.2 Å². The Morgan fingerprint density at radius 1 is 0.718 bits per heavy atom. The molecule has 1 aliphatic carbocycles. The number of para-hydroxylation sites is 2. The summed E-state index contributed by atoms with van der Waals surface area (Å²) in [5, 5.41) is 0. The summed E-state index contributed by atoms with van der Waals surface area (Å²) in [6.07, 6.45) is 3.96. The molecular formula is C32H23NO5S. The van der Waals surface area contributed by atoms with E-state index in [1.54, 1.807) is 24.3 Å². The van der Waals surface area contributed by atoms with Gasteiger partial charge in [0, 0.05) is 28.2 Å². The second-order valence-corrected chi connectivity index (χ2v) is 10.5. The Kier molecular flexibility index (Phi) is 6.23. The number of hydrogen-bond donors (Lipinski definition) is 1. The number of anilines is 3. The van der Waals surface area contributed by atoms with Gasteiger partial charge in [-0.3, -0.25) is 9.35 Å². The van der Waals surface area contributed by atoms with E-state index in [0.717, 1.165) is 22.6 Å². The van der Waals surface area contributed by atoms with E-state index >= 15 is 0 Å². The number of rotatable bonds is 6. The number of allylic oxidation sites excluding steroid dienone is 4. The van der Waals surface area contributed by atoms with E-state index in [1.807, 2.05) is 84.9 Å². The van der Waals surface area contributed by atoms with Gasteiger partial charge < -0.3 is 9.64 Å². The smallest absolute Gasteiger partial charge is 0.295 e. The van der Waals surface area contributed by atoms with Crippen LogP contribution >= 0.6 is 0 Å². The molecule has 192 valence electrons. The average Bonchev–Trinajstić information content (AvgIpc) is 3.35. The molecule has 1 unspecified atom stereocenters. The van der Waals surface area contributed by atoms with Crippen molar-refractivity contribution in [3.05, 3.63) is 150 Å². The van der Waals surface area contributed by atoms with Crippen LogP contribution in [0.3, 0.4) is 0 Å². The van der Waals surface area contributed by atoms with Gasteiger partial charge in [-0.1, -0.05) is 72.8 Å². The molecule has 1 heterocycles. The first kappa shape index (κ1) is 24.6. The summed E-state index contributed by atoms with van der Waals surface area (Å²) in [4.78, 5) is 14.8. The van der Waals surface area contributed by atoms with Crippen LogP contribution in [0.2, 0.25) is 0 Å². The lowest BCUT2D eigenvalue weighted by molar-refractivity contribution is -0.111. The second kappa shape index (κ2) is 9.87. The van der Waals surface area contributed by atoms with Crippen LogP contribution < -0.4 is 4.90 Å². The minimum Gasteiger partial charge on any atom is -0.480 e. The maximum absolute atomic E-state index is 13.0. The Morgan fingerprint density at radius 3 is 1.90 bits per heavy atom. The highest BCUT2D eigenvalue weighted by atomic mass is 32.2. The van der Waals surface area contributed by atoms with E-state index in [1.165, 1.54) is 18.2 Å². The average molecular weight is 534 g/mol. The summed E-state index contributed by atoms with van der Waals surface area (Å²) >= 11 is 0. The van der Waals surface area contributed by atoms with Crippen molar-refractivity contribution in [2.24, 2.45) is 0 Å². The second-order valence-electron chi connectivity index (χ2n) is 9.11. The standard InChI is InChI=1S/C32H23NO5S/c34-27-15-9-16-28-31(27)30(26-14-7-8-17-29(26)39(35,36)37)32(38-28)22-18-20-25(21-19-22)33(23-10-3-1-4-11-23)24-12-5-2-6-13-24/h1-21,32H,(H,35,36,37). The molecule has 4 aromatic rings. The largest absolute Gasteiger partial charge is 0.480 e. The van der Waals surface area contributed by atoms with Gasteiger partial charge in [0.05, 0.1) is 5.57 Å². The van der Waals surface area contributed by atoms with Crippen molar-refractivity contribution >= 4 is 38.5 Å². The normalized spacial score (nSPS) is 16.5. The fourth-order valence-electron chi connectivity index (χ4n) is 5.02. The van der Waals surface area contributed by atoms with E-state index in [0.29, 0.717) is 11.3 Å². The minimum atomic E-state index is -4.56. The van der Waals surface area contributed by atoms with Crippen LogP contribution in [0.1, 0.15) is 17.2 Å². The van der Waals surface area contributed by atoms with Crippen molar-refractivity contribution in [3.63, 3.8) is 0 Å². The highest BCUT2D eigenvalue weighted by molar-refractivity contribution is 7.86. The lowest BCUT2D eigenvalue weighted by Crippen LogP contribution is -2.10. The molecule has 0 fully saturated rings. The fourth-order valence-corrected chi connectivity index (χ4v) is 5.72. The van der Waals surface area contributed by atoms with E-state index in [-0.39, 0.29) is 21.8 Å². The molecular weight excluding hydrogens is 510 g/mol. The van der Waals surface area contributed by atoms with Gasteiger partial charge in [0.25, 0.3) is 10.1 Å². The van der Waals surface area contributed by atoms with Gasteiger partial charge in [-0.05, 0) is 60.2 Å². The number of carbonyl (C=O) groups is 1. The van der Waals surface area contributed by atoms with Crippen LogP contribution in [0.4, 0.5) is 17.1 Å². The third-order valence-corrected chi connectivity index (χ3v) is 7.61. The molecule has 0 saturated carbocycles. The minimum absolute atomic E-state index is 0.228. The zero-order chi connectivity index (χ0) is 27.0. The number of nitrogens with zero attached hydrogens (tertiary/aromatic N) is 1. The molecule has 1 atom stereocenters. The maximum atomic E-state index is 13.0. The van der Waals surface area contributed by atoms with Crippen LogP contribution in [-0.2, 0) is 19.6 Å². The molecule has 7 heteroatoms. The predicted molar refractivity (Wildman–Crippen MR) is 150 cm³/mol. The van der Waals surface area contributed by atoms with E-state index in [4.69, 9.17) is 4.74 Å². The molecule has 6 rings (SSSR count). The molecule has 0 amide bonds. The summed E-state index contributed by atoms with van der Waals surface area (Å²) in [6, 6.07) is 33.8. The van der Waals surface area contributed by atoms with Crippen molar-refractivity contribution in [2.75, 3.05) is 4.90 Å².